The molecule has 1 aromatic rings. The Morgan fingerprint density at radius 3 is 2.42 bits per heavy atom. The molecule has 4 heterocycles. The van der Waals surface area contributed by atoms with E-state index in [1.54, 1.807) is 0 Å². The molecule has 0 radical (unpaired) electrons. The summed E-state index contributed by atoms with van der Waals surface area (Å²) < 4.78 is 6.06. The normalized spacial score (nSPS) is 21.3. The van der Waals surface area contributed by atoms with E-state index in [9.17, 15) is 10.1 Å². The molecular weight excluding hydrogens is 390 g/mol. The fourth-order valence-electron chi connectivity index (χ4n) is 4.98. The summed E-state index contributed by atoms with van der Waals surface area (Å²) in [6.07, 6.45) is 2.98. The molecule has 4 rings (SSSR count). The minimum absolute atomic E-state index is 0.250. The van der Waals surface area contributed by atoms with Crippen molar-refractivity contribution < 1.29 is 9.53 Å². The molecule has 168 valence electrons. The minimum Gasteiger partial charge on any atom is -0.370 e. The number of amides is 1. The van der Waals surface area contributed by atoms with Crippen molar-refractivity contribution in [3.63, 3.8) is 0 Å². The van der Waals surface area contributed by atoms with Gasteiger partial charge in [-0.3, -0.25) is 9.69 Å². The van der Waals surface area contributed by atoms with Gasteiger partial charge in [0, 0.05) is 51.3 Å². The topological polar surface area (TPSA) is 72.7 Å². The Labute approximate surface area is 186 Å². The van der Waals surface area contributed by atoms with Crippen molar-refractivity contribution in [3.05, 3.63) is 22.4 Å². The first-order chi connectivity index (χ1) is 14.8. The lowest BCUT2D eigenvalue weighted by atomic mass is 9.86. The number of nitrogens with zero attached hydrogens (tertiary/aromatic N) is 5. The van der Waals surface area contributed by atoms with Gasteiger partial charge in [0.25, 0.3) is 0 Å². The average Bonchev–Trinajstić information content (AvgIpc) is 3.27. The van der Waals surface area contributed by atoms with Crippen molar-refractivity contribution in [2.75, 3.05) is 50.7 Å². The fourth-order valence-corrected chi connectivity index (χ4v) is 4.98. The zero-order valence-electron chi connectivity index (χ0n) is 19.4. The number of fused-ring (bicyclic) bond motifs is 1. The highest BCUT2D eigenvalue weighted by molar-refractivity contribution is 5.78. The summed E-state index contributed by atoms with van der Waals surface area (Å²) >= 11 is 0. The van der Waals surface area contributed by atoms with Crippen LogP contribution in [0.25, 0.3) is 0 Å². The maximum absolute atomic E-state index is 12.5. The highest BCUT2D eigenvalue weighted by Crippen LogP contribution is 2.37. The molecule has 0 bridgehead atoms. The van der Waals surface area contributed by atoms with Gasteiger partial charge in [-0.2, -0.15) is 5.26 Å². The number of piperazine rings is 1. The molecule has 2 saturated heterocycles. The second-order valence-electron chi connectivity index (χ2n) is 10.00. The first-order valence-electron chi connectivity index (χ1n) is 11.6. The third-order valence-electron chi connectivity index (χ3n) is 6.78. The molecule has 2 fully saturated rings. The van der Waals surface area contributed by atoms with Gasteiger partial charge < -0.3 is 14.5 Å². The van der Waals surface area contributed by atoms with Crippen molar-refractivity contribution in [2.24, 2.45) is 0 Å². The van der Waals surface area contributed by atoms with E-state index in [0.29, 0.717) is 18.7 Å². The first-order valence-corrected chi connectivity index (χ1v) is 11.6. The zero-order valence-corrected chi connectivity index (χ0v) is 19.4. The van der Waals surface area contributed by atoms with Crippen LogP contribution in [-0.2, 0) is 22.6 Å². The van der Waals surface area contributed by atoms with Gasteiger partial charge in [-0.1, -0.05) is 13.8 Å². The summed E-state index contributed by atoms with van der Waals surface area (Å²) in [5, 5.41) is 10.1. The third kappa shape index (κ3) is 4.56. The molecule has 1 aromatic heterocycles. The van der Waals surface area contributed by atoms with Crippen molar-refractivity contribution >= 4 is 11.7 Å². The number of nitriles is 1. The Balaban J connectivity index is 1.54. The van der Waals surface area contributed by atoms with E-state index < -0.39 is 0 Å². The molecule has 0 saturated carbocycles. The third-order valence-corrected chi connectivity index (χ3v) is 6.78. The predicted molar refractivity (Wildman–Crippen MR) is 120 cm³/mol. The maximum atomic E-state index is 12.5. The second-order valence-corrected chi connectivity index (χ2v) is 10.00. The SMILES string of the molecule is CC(C)c1nc(N2CCN(CC(=O)N3CCCC3)CC2)c(C#N)c2c1COC(C)(C)C2. The molecule has 1 amide bonds. The molecule has 0 aliphatic carbocycles. The predicted octanol–water partition coefficient (Wildman–Crippen LogP) is 2.67. The highest BCUT2D eigenvalue weighted by atomic mass is 16.5. The van der Waals surface area contributed by atoms with E-state index >= 15 is 0 Å². The van der Waals surface area contributed by atoms with Gasteiger partial charge in [0.05, 0.1) is 30.0 Å². The monoisotopic (exact) mass is 425 g/mol. The molecule has 0 spiro atoms. The van der Waals surface area contributed by atoms with Crippen LogP contribution in [0.5, 0.6) is 0 Å². The van der Waals surface area contributed by atoms with Gasteiger partial charge in [-0.15, -0.1) is 0 Å². The van der Waals surface area contributed by atoms with Gasteiger partial charge in [-0.25, -0.2) is 4.98 Å². The molecule has 0 aromatic carbocycles. The number of ether oxygens (including phenoxy) is 1. The van der Waals surface area contributed by atoms with Gasteiger partial charge in [-0.05, 0) is 38.2 Å². The second kappa shape index (κ2) is 8.76. The fraction of sp³-hybridized carbons (Fsp3) is 0.708. The smallest absolute Gasteiger partial charge is 0.236 e. The van der Waals surface area contributed by atoms with Crippen LogP contribution in [0, 0.1) is 11.3 Å². The van der Waals surface area contributed by atoms with Gasteiger partial charge in [0.15, 0.2) is 0 Å². The lowest BCUT2D eigenvalue weighted by Gasteiger charge is -2.38. The van der Waals surface area contributed by atoms with E-state index in [1.807, 2.05) is 4.90 Å². The van der Waals surface area contributed by atoms with Crippen LogP contribution < -0.4 is 4.90 Å². The summed E-state index contributed by atoms with van der Waals surface area (Å²) in [5.74, 6) is 1.33. The number of hydrogen-bond donors (Lipinski definition) is 0. The Bertz CT molecular complexity index is 875. The highest BCUT2D eigenvalue weighted by Gasteiger charge is 2.34. The average molecular weight is 426 g/mol. The lowest BCUT2D eigenvalue weighted by molar-refractivity contribution is -0.131. The van der Waals surface area contributed by atoms with Crippen molar-refractivity contribution in [2.45, 2.75) is 65.1 Å². The molecular formula is C24H35N5O2. The molecule has 3 aliphatic heterocycles. The van der Waals surface area contributed by atoms with E-state index in [0.717, 1.165) is 81.2 Å². The quantitative estimate of drug-likeness (QED) is 0.739. The summed E-state index contributed by atoms with van der Waals surface area (Å²) in [6.45, 7) is 14.5. The molecule has 7 heteroatoms. The summed E-state index contributed by atoms with van der Waals surface area (Å²) in [7, 11) is 0. The van der Waals surface area contributed by atoms with Crippen LogP contribution in [0.1, 0.15) is 68.8 Å². The lowest BCUT2D eigenvalue weighted by Crippen LogP contribution is -2.50. The van der Waals surface area contributed by atoms with E-state index in [2.05, 4.69) is 43.6 Å². The summed E-state index contributed by atoms with van der Waals surface area (Å²) in [4.78, 5) is 24.0. The Kier molecular flexibility index (Phi) is 6.23. The Hall–Kier alpha value is -2.17. The number of aromatic nitrogens is 1. The maximum Gasteiger partial charge on any atom is 0.236 e. The zero-order chi connectivity index (χ0) is 22.2. The van der Waals surface area contributed by atoms with Crippen LogP contribution in [0.2, 0.25) is 0 Å². The molecule has 7 nitrogen and oxygen atoms in total. The van der Waals surface area contributed by atoms with E-state index in [4.69, 9.17) is 9.72 Å². The standard InChI is InChI=1S/C24H35N5O2/c1-17(2)22-20-16-31-24(3,4)13-18(20)19(14-25)23(26-22)29-11-9-27(10-12-29)15-21(30)28-7-5-6-8-28/h17H,5-13,15-16H2,1-4H3. The van der Waals surface area contributed by atoms with Crippen LogP contribution in [0.3, 0.4) is 0 Å². The first kappa shape index (κ1) is 22.0. The van der Waals surface area contributed by atoms with Gasteiger partial charge in [0.1, 0.15) is 11.9 Å². The number of carbonyl (C=O) groups is 1. The van der Waals surface area contributed by atoms with Crippen molar-refractivity contribution in [1.82, 2.24) is 14.8 Å². The molecule has 0 atom stereocenters. The van der Waals surface area contributed by atoms with Crippen molar-refractivity contribution in [1.29, 1.82) is 5.26 Å². The largest absolute Gasteiger partial charge is 0.370 e. The number of pyridine rings is 1. The molecule has 31 heavy (non-hydrogen) atoms. The van der Waals surface area contributed by atoms with Crippen molar-refractivity contribution in [3.8, 4) is 6.07 Å². The summed E-state index contributed by atoms with van der Waals surface area (Å²) in [5.41, 5.74) is 3.69. The van der Waals surface area contributed by atoms with E-state index in [1.165, 1.54) is 0 Å². The Morgan fingerprint density at radius 1 is 1.13 bits per heavy atom. The van der Waals surface area contributed by atoms with Gasteiger partial charge >= 0.3 is 0 Å². The number of anilines is 1. The minimum atomic E-state index is -0.278. The van der Waals surface area contributed by atoms with E-state index in [-0.39, 0.29) is 17.4 Å². The van der Waals surface area contributed by atoms with Crippen LogP contribution >= 0.6 is 0 Å². The van der Waals surface area contributed by atoms with Crippen LogP contribution in [-0.4, -0.2) is 72.1 Å². The molecule has 3 aliphatic rings. The van der Waals surface area contributed by atoms with Crippen LogP contribution in [0.4, 0.5) is 5.82 Å². The number of likely N-dealkylation sites (tertiary alicyclic amines) is 1. The Morgan fingerprint density at radius 2 is 1.81 bits per heavy atom. The summed E-state index contributed by atoms with van der Waals surface area (Å²) in [6, 6.07) is 2.47. The number of hydrogen-bond acceptors (Lipinski definition) is 6. The molecule has 0 unspecified atom stereocenters. The molecule has 0 N–H and O–H groups in total. The van der Waals surface area contributed by atoms with Gasteiger partial charge in [0.2, 0.25) is 5.91 Å². The van der Waals surface area contributed by atoms with Crippen LogP contribution in [0.15, 0.2) is 0 Å². The number of carbonyl (C=O) groups excluding carboxylic acids is 1. The number of rotatable bonds is 4.